The Morgan fingerprint density at radius 1 is 1.00 bits per heavy atom. The SMILES string of the molecule is Oc1c2c(c(O)n1OC1CCCCO1)C1CCC2C1. The Bertz CT molecular complexity index is 471. The molecular formula is C14H19NO4. The minimum atomic E-state index is -0.365. The van der Waals surface area contributed by atoms with Gasteiger partial charge in [-0.3, -0.25) is 0 Å². The smallest absolute Gasteiger partial charge is 0.233 e. The van der Waals surface area contributed by atoms with Gasteiger partial charge >= 0.3 is 0 Å². The number of hydrogen-bond acceptors (Lipinski definition) is 4. The summed E-state index contributed by atoms with van der Waals surface area (Å²) in [6, 6.07) is 0. The van der Waals surface area contributed by atoms with Crippen molar-refractivity contribution in [3.63, 3.8) is 0 Å². The van der Waals surface area contributed by atoms with Gasteiger partial charge in [-0.2, -0.15) is 0 Å². The molecule has 4 rings (SSSR count). The Hall–Kier alpha value is -1.36. The minimum absolute atomic E-state index is 0.0777. The normalized spacial score (nSPS) is 32.5. The Kier molecular flexibility index (Phi) is 2.45. The second-order valence-electron chi connectivity index (χ2n) is 5.88. The van der Waals surface area contributed by atoms with Crippen molar-refractivity contribution >= 4 is 0 Å². The predicted molar refractivity (Wildman–Crippen MR) is 67.3 cm³/mol. The van der Waals surface area contributed by atoms with Crippen LogP contribution in [-0.2, 0) is 4.74 Å². The van der Waals surface area contributed by atoms with E-state index >= 15 is 0 Å². The van der Waals surface area contributed by atoms with Crippen LogP contribution in [0.2, 0.25) is 0 Å². The third-order valence-corrected chi connectivity index (χ3v) is 4.77. The fourth-order valence-electron chi connectivity index (χ4n) is 3.88. The topological polar surface area (TPSA) is 63.9 Å². The summed E-state index contributed by atoms with van der Waals surface area (Å²) in [5, 5.41) is 20.6. The molecule has 3 aliphatic rings. The van der Waals surface area contributed by atoms with E-state index in [1.54, 1.807) is 0 Å². The minimum Gasteiger partial charge on any atom is -0.492 e. The van der Waals surface area contributed by atoms with Crippen LogP contribution in [0.3, 0.4) is 0 Å². The first-order chi connectivity index (χ1) is 9.25. The molecule has 1 saturated carbocycles. The highest BCUT2D eigenvalue weighted by molar-refractivity contribution is 5.54. The van der Waals surface area contributed by atoms with Gasteiger partial charge in [0.15, 0.2) is 0 Å². The number of nitrogens with zero attached hydrogens (tertiary/aromatic N) is 1. The molecule has 5 nitrogen and oxygen atoms in total. The van der Waals surface area contributed by atoms with Crippen LogP contribution in [0.25, 0.3) is 0 Å². The molecule has 3 atom stereocenters. The van der Waals surface area contributed by atoms with Crippen LogP contribution in [-0.4, -0.2) is 27.8 Å². The zero-order valence-electron chi connectivity index (χ0n) is 10.8. The number of aromatic hydroxyl groups is 2. The third kappa shape index (κ3) is 1.57. The molecule has 0 spiro atoms. The summed E-state index contributed by atoms with van der Waals surface area (Å²) < 4.78 is 6.68. The van der Waals surface area contributed by atoms with E-state index in [-0.39, 0.29) is 18.1 Å². The molecular weight excluding hydrogens is 246 g/mol. The van der Waals surface area contributed by atoms with Crippen LogP contribution in [0.4, 0.5) is 0 Å². The molecule has 5 heteroatoms. The fourth-order valence-corrected chi connectivity index (χ4v) is 3.88. The van der Waals surface area contributed by atoms with Crippen molar-refractivity contribution in [3.05, 3.63) is 11.1 Å². The molecule has 19 heavy (non-hydrogen) atoms. The molecule has 1 aliphatic heterocycles. The summed E-state index contributed by atoms with van der Waals surface area (Å²) >= 11 is 0. The zero-order chi connectivity index (χ0) is 13.0. The molecule has 2 N–H and O–H groups in total. The van der Waals surface area contributed by atoms with Crippen LogP contribution in [0.15, 0.2) is 0 Å². The highest BCUT2D eigenvalue weighted by Crippen LogP contribution is 2.59. The lowest BCUT2D eigenvalue weighted by molar-refractivity contribution is -0.169. The Morgan fingerprint density at radius 2 is 1.68 bits per heavy atom. The van der Waals surface area contributed by atoms with Crippen LogP contribution in [0.1, 0.15) is 61.5 Å². The molecule has 2 bridgehead atoms. The van der Waals surface area contributed by atoms with Gasteiger partial charge in [-0.05, 0) is 43.9 Å². The van der Waals surface area contributed by atoms with Crippen molar-refractivity contribution in [2.75, 3.05) is 6.61 Å². The second kappa shape index (κ2) is 4.07. The summed E-state index contributed by atoms with van der Waals surface area (Å²) in [4.78, 5) is 5.63. The first-order valence-corrected chi connectivity index (χ1v) is 7.21. The molecule has 2 fully saturated rings. The van der Waals surface area contributed by atoms with Crippen molar-refractivity contribution in [1.29, 1.82) is 0 Å². The molecule has 1 aromatic rings. The van der Waals surface area contributed by atoms with Gasteiger partial charge in [-0.1, -0.05) is 0 Å². The number of ether oxygens (including phenoxy) is 1. The van der Waals surface area contributed by atoms with E-state index in [4.69, 9.17) is 9.57 Å². The molecule has 1 aromatic heterocycles. The molecule has 2 aliphatic carbocycles. The average molecular weight is 265 g/mol. The third-order valence-electron chi connectivity index (χ3n) is 4.77. The molecule has 2 heterocycles. The van der Waals surface area contributed by atoms with Gasteiger partial charge in [0.25, 0.3) is 0 Å². The van der Waals surface area contributed by atoms with E-state index in [0.29, 0.717) is 18.4 Å². The van der Waals surface area contributed by atoms with E-state index in [1.807, 2.05) is 0 Å². The second-order valence-corrected chi connectivity index (χ2v) is 5.88. The number of hydrogen-bond donors (Lipinski definition) is 2. The number of rotatable bonds is 2. The monoisotopic (exact) mass is 265 g/mol. The van der Waals surface area contributed by atoms with Gasteiger partial charge in [-0.25, -0.2) is 0 Å². The fraction of sp³-hybridized carbons (Fsp3) is 0.714. The Labute approximate surface area is 111 Å². The summed E-state index contributed by atoms with van der Waals surface area (Å²) in [5.41, 5.74) is 1.81. The molecule has 0 radical (unpaired) electrons. The summed E-state index contributed by atoms with van der Waals surface area (Å²) in [7, 11) is 0. The standard InChI is InChI=1S/C14H19NO4/c16-13-11-8-4-5-9(7-8)12(11)14(17)15(13)19-10-3-1-2-6-18-10/h8-10,16-17H,1-7H2. The zero-order valence-corrected chi connectivity index (χ0v) is 10.8. The van der Waals surface area contributed by atoms with Gasteiger partial charge in [0.2, 0.25) is 18.1 Å². The van der Waals surface area contributed by atoms with E-state index < -0.39 is 0 Å². The summed E-state index contributed by atoms with van der Waals surface area (Å²) in [5.74, 6) is 0.939. The Balaban J connectivity index is 1.66. The average Bonchev–Trinajstić information content (AvgIpc) is 3.10. The number of fused-ring (bicyclic) bond motifs is 5. The van der Waals surface area contributed by atoms with E-state index in [1.165, 1.54) is 4.73 Å². The van der Waals surface area contributed by atoms with Crippen molar-refractivity contribution in [1.82, 2.24) is 4.73 Å². The highest BCUT2D eigenvalue weighted by atomic mass is 16.8. The maximum atomic E-state index is 10.3. The van der Waals surface area contributed by atoms with E-state index in [9.17, 15) is 10.2 Å². The largest absolute Gasteiger partial charge is 0.492 e. The van der Waals surface area contributed by atoms with E-state index in [2.05, 4.69) is 0 Å². The van der Waals surface area contributed by atoms with Crippen molar-refractivity contribution < 1.29 is 19.8 Å². The van der Waals surface area contributed by atoms with Gasteiger partial charge in [0.1, 0.15) is 0 Å². The Morgan fingerprint density at radius 3 is 2.26 bits per heavy atom. The van der Waals surface area contributed by atoms with Gasteiger partial charge in [0.05, 0.1) is 6.61 Å². The van der Waals surface area contributed by atoms with E-state index in [0.717, 1.165) is 49.7 Å². The molecule has 104 valence electrons. The van der Waals surface area contributed by atoms with Crippen molar-refractivity contribution in [2.45, 2.75) is 56.7 Å². The van der Waals surface area contributed by atoms with Crippen LogP contribution in [0.5, 0.6) is 11.8 Å². The lowest BCUT2D eigenvalue weighted by atomic mass is 9.95. The maximum absolute atomic E-state index is 10.3. The molecule has 3 unspecified atom stereocenters. The quantitative estimate of drug-likeness (QED) is 0.860. The summed E-state index contributed by atoms with van der Waals surface area (Å²) in [6.07, 6.45) is 5.81. The first-order valence-electron chi connectivity index (χ1n) is 7.21. The van der Waals surface area contributed by atoms with Crippen LogP contribution in [0, 0.1) is 0 Å². The lowest BCUT2D eigenvalue weighted by Crippen LogP contribution is -2.30. The highest BCUT2D eigenvalue weighted by Gasteiger charge is 2.44. The lowest BCUT2D eigenvalue weighted by Gasteiger charge is -2.23. The van der Waals surface area contributed by atoms with Crippen molar-refractivity contribution in [3.8, 4) is 11.8 Å². The van der Waals surface area contributed by atoms with Crippen LogP contribution < -0.4 is 4.84 Å². The van der Waals surface area contributed by atoms with Gasteiger partial charge in [-0.15, -0.1) is 4.73 Å². The van der Waals surface area contributed by atoms with Crippen molar-refractivity contribution in [2.24, 2.45) is 0 Å². The molecule has 0 aromatic carbocycles. The first kappa shape index (κ1) is 11.5. The number of aromatic nitrogens is 1. The van der Waals surface area contributed by atoms with Crippen LogP contribution >= 0.6 is 0 Å². The molecule has 1 saturated heterocycles. The predicted octanol–water partition coefficient (Wildman–Crippen LogP) is 2.22. The summed E-state index contributed by atoms with van der Waals surface area (Å²) in [6.45, 7) is 0.679. The van der Waals surface area contributed by atoms with Gasteiger partial charge < -0.3 is 19.8 Å². The molecule has 0 amide bonds. The maximum Gasteiger partial charge on any atom is 0.233 e. The van der Waals surface area contributed by atoms with Gasteiger partial charge in [0, 0.05) is 17.5 Å².